The predicted molar refractivity (Wildman–Crippen MR) is 74.9 cm³/mol. The van der Waals surface area contributed by atoms with Crippen molar-refractivity contribution in [1.82, 2.24) is 5.32 Å². The molecule has 1 aromatic carbocycles. The first-order valence-corrected chi connectivity index (χ1v) is 7.52. The molecule has 0 amide bonds. The fourth-order valence-corrected chi connectivity index (χ4v) is 3.50. The van der Waals surface area contributed by atoms with Gasteiger partial charge in [0.15, 0.2) is 0 Å². The third kappa shape index (κ3) is 4.35. The molecule has 2 nitrogen and oxygen atoms in total. The van der Waals surface area contributed by atoms with E-state index < -0.39 is 6.61 Å². The van der Waals surface area contributed by atoms with Gasteiger partial charge in [-0.2, -0.15) is 20.5 Å². The zero-order valence-electron chi connectivity index (χ0n) is 11.1. The lowest BCUT2D eigenvalue weighted by Crippen LogP contribution is -2.31. The molecule has 1 fully saturated rings. The Bertz CT molecular complexity index is 416. The maximum Gasteiger partial charge on any atom is 0.387 e. The topological polar surface area (TPSA) is 21.3 Å². The molecule has 3 unspecified atom stereocenters. The minimum atomic E-state index is -2.77. The van der Waals surface area contributed by atoms with E-state index in [4.69, 9.17) is 0 Å². The molecule has 106 valence electrons. The summed E-state index contributed by atoms with van der Waals surface area (Å²) in [4.78, 5) is 0. The number of hydrogen-bond acceptors (Lipinski definition) is 3. The van der Waals surface area contributed by atoms with Crippen LogP contribution in [0.2, 0.25) is 0 Å². The van der Waals surface area contributed by atoms with Crippen LogP contribution < -0.4 is 10.1 Å². The fourth-order valence-electron chi connectivity index (χ4n) is 2.34. The number of nitrogens with one attached hydrogen (secondary N) is 1. The van der Waals surface area contributed by atoms with Gasteiger partial charge < -0.3 is 10.1 Å². The van der Waals surface area contributed by atoms with Crippen molar-refractivity contribution in [3.63, 3.8) is 0 Å². The van der Waals surface area contributed by atoms with Gasteiger partial charge in [-0.25, -0.2) is 0 Å². The van der Waals surface area contributed by atoms with Crippen molar-refractivity contribution in [2.75, 3.05) is 5.75 Å². The van der Waals surface area contributed by atoms with Crippen LogP contribution in [-0.4, -0.2) is 23.7 Å². The van der Waals surface area contributed by atoms with E-state index in [2.05, 4.69) is 23.9 Å². The van der Waals surface area contributed by atoms with Crippen molar-refractivity contribution >= 4 is 11.8 Å². The molecule has 2 rings (SSSR count). The molecule has 3 atom stereocenters. The average Bonchev–Trinajstić information content (AvgIpc) is 2.74. The predicted octanol–water partition coefficient (Wildman–Crippen LogP) is 3.83. The van der Waals surface area contributed by atoms with Gasteiger partial charge in [-0.15, -0.1) is 0 Å². The summed E-state index contributed by atoms with van der Waals surface area (Å²) in [6.45, 7) is 1.51. The van der Waals surface area contributed by atoms with Crippen molar-refractivity contribution in [1.29, 1.82) is 0 Å². The molecule has 0 bridgehead atoms. The Balaban J connectivity index is 1.96. The number of ether oxygens (including phenoxy) is 1. The second kappa shape index (κ2) is 6.57. The van der Waals surface area contributed by atoms with E-state index in [0.717, 1.165) is 17.7 Å². The van der Waals surface area contributed by atoms with Crippen LogP contribution >= 0.6 is 11.8 Å². The number of halogens is 2. The lowest BCUT2D eigenvalue weighted by Gasteiger charge is -2.20. The third-order valence-corrected chi connectivity index (χ3v) is 4.62. The van der Waals surface area contributed by atoms with Gasteiger partial charge in [-0.1, -0.05) is 19.1 Å². The molecule has 1 N–H and O–H groups in total. The van der Waals surface area contributed by atoms with Crippen LogP contribution in [0.5, 0.6) is 5.75 Å². The summed E-state index contributed by atoms with van der Waals surface area (Å²) < 4.78 is 28.8. The Morgan fingerprint density at radius 1 is 1.42 bits per heavy atom. The van der Waals surface area contributed by atoms with E-state index in [1.807, 2.05) is 17.8 Å². The molecule has 1 aliphatic rings. The monoisotopic (exact) mass is 287 g/mol. The molecule has 1 aliphatic heterocycles. The largest absolute Gasteiger partial charge is 0.435 e. The number of hydrogen-bond donors (Lipinski definition) is 1. The second-order valence-electron chi connectivity index (χ2n) is 4.92. The lowest BCUT2D eigenvalue weighted by atomic mass is 10.1. The molecule has 1 saturated heterocycles. The number of rotatable bonds is 5. The van der Waals surface area contributed by atoms with Gasteiger partial charge in [0.2, 0.25) is 0 Å². The summed E-state index contributed by atoms with van der Waals surface area (Å²) in [7, 11) is 0. The first-order chi connectivity index (χ1) is 9.04. The first-order valence-electron chi connectivity index (χ1n) is 6.47. The van der Waals surface area contributed by atoms with Crippen molar-refractivity contribution in [2.24, 2.45) is 0 Å². The van der Waals surface area contributed by atoms with Gasteiger partial charge in [0.05, 0.1) is 0 Å². The van der Waals surface area contributed by atoms with Crippen LogP contribution in [-0.2, 0) is 0 Å². The van der Waals surface area contributed by atoms with E-state index in [0.29, 0.717) is 11.3 Å². The van der Waals surface area contributed by atoms with Crippen LogP contribution in [0.1, 0.15) is 31.9 Å². The lowest BCUT2D eigenvalue weighted by molar-refractivity contribution is -0.0499. The summed E-state index contributed by atoms with van der Waals surface area (Å²) in [5.74, 6) is 1.33. The van der Waals surface area contributed by atoms with Gasteiger partial charge in [-0.3, -0.25) is 0 Å². The molecule has 0 spiro atoms. The number of thioether (sulfide) groups is 1. The minimum absolute atomic E-state index is 0.136. The molecule has 0 radical (unpaired) electrons. The zero-order valence-corrected chi connectivity index (χ0v) is 11.9. The average molecular weight is 287 g/mol. The van der Waals surface area contributed by atoms with Crippen molar-refractivity contribution in [3.8, 4) is 5.75 Å². The van der Waals surface area contributed by atoms with Crippen LogP contribution in [0.4, 0.5) is 8.78 Å². The SMILES string of the molecule is CC1CC(NC(C)c2cccc(OC(F)F)c2)CS1. The Labute approximate surface area is 116 Å². The summed E-state index contributed by atoms with van der Waals surface area (Å²) in [6.07, 6.45) is 1.15. The standard InChI is InChI=1S/C14H19F2NOS/c1-9-6-12(8-19-9)17-10(2)11-4-3-5-13(7-11)18-14(15)16/h3-5,7,9-10,12,14,17H,6,8H2,1-2H3. The molecule has 5 heteroatoms. The highest BCUT2D eigenvalue weighted by Crippen LogP contribution is 2.28. The maximum atomic E-state index is 12.2. The third-order valence-electron chi connectivity index (χ3n) is 3.27. The Morgan fingerprint density at radius 2 is 2.21 bits per heavy atom. The summed E-state index contributed by atoms with van der Waals surface area (Å²) in [5, 5.41) is 4.23. The van der Waals surface area contributed by atoms with Crippen molar-refractivity contribution in [3.05, 3.63) is 29.8 Å². The molecule has 1 heterocycles. The van der Waals surface area contributed by atoms with Crippen LogP contribution in [0.3, 0.4) is 0 Å². The fraction of sp³-hybridized carbons (Fsp3) is 0.571. The van der Waals surface area contributed by atoms with Crippen LogP contribution in [0.25, 0.3) is 0 Å². The van der Waals surface area contributed by atoms with Crippen LogP contribution in [0.15, 0.2) is 24.3 Å². The first kappa shape index (κ1) is 14.6. The van der Waals surface area contributed by atoms with E-state index in [1.165, 1.54) is 0 Å². The summed E-state index contributed by atoms with van der Waals surface area (Å²) >= 11 is 1.97. The molecule has 0 aliphatic carbocycles. The molecular weight excluding hydrogens is 268 g/mol. The van der Waals surface area contributed by atoms with E-state index in [9.17, 15) is 8.78 Å². The number of alkyl halides is 2. The smallest absolute Gasteiger partial charge is 0.387 e. The highest BCUT2D eigenvalue weighted by atomic mass is 32.2. The van der Waals surface area contributed by atoms with Gasteiger partial charge in [0.25, 0.3) is 0 Å². The quantitative estimate of drug-likeness (QED) is 0.889. The molecule has 1 aromatic rings. The Hall–Kier alpha value is -0.810. The molecule has 0 aromatic heterocycles. The number of benzene rings is 1. The van der Waals surface area contributed by atoms with Gasteiger partial charge in [-0.05, 0) is 31.0 Å². The molecule has 0 saturated carbocycles. The van der Waals surface area contributed by atoms with Crippen molar-refractivity contribution in [2.45, 2.75) is 44.2 Å². The van der Waals surface area contributed by atoms with Crippen molar-refractivity contribution < 1.29 is 13.5 Å². The van der Waals surface area contributed by atoms with Gasteiger partial charge >= 0.3 is 6.61 Å². The molecule has 19 heavy (non-hydrogen) atoms. The van der Waals surface area contributed by atoms with Gasteiger partial charge in [0.1, 0.15) is 5.75 Å². The van der Waals surface area contributed by atoms with Crippen LogP contribution in [0, 0.1) is 0 Å². The Kier molecular flexibility index (Phi) is 5.05. The normalized spacial score (nSPS) is 24.7. The molecular formula is C14H19F2NOS. The summed E-state index contributed by atoms with van der Waals surface area (Å²) in [6, 6.07) is 7.54. The van der Waals surface area contributed by atoms with E-state index >= 15 is 0 Å². The maximum absolute atomic E-state index is 12.2. The highest BCUT2D eigenvalue weighted by molar-refractivity contribution is 8.00. The van der Waals surface area contributed by atoms with Gasteiger partial charge in [0, 0.05) is 23.1 Å². The second-order valence-corrected chi connectivity index (χ2v) is 6.39. The van der Waals surface area contributed by atoms with E-state index in [1.54, 1.807) is 18.2 Å². The highest BCUT2D eigenvalue weighted by Gasteiger charge is 2.23. The summed E-state index contributed by atoms with van der Waals surface area (Å²) in [5.41, 5.74) is 0.975. The Morgan fingerprint density at radius 3 is 2.84 bits per heavy atom. The zero-order chi connectivity index (χ0) is 13.8. The van der Waals surface area contributed by atoms with E-state index in [-0.39, 0.29) is 11.8 Å². The minimum Gasteiger partial charge on any atom is -0.435 e.